The molecule has 0 bridgehead atoms. The molecule has 0 radical (unpaired) electrons. The predicted octanol–water partition coefficient (Wildman–Crippen LogP) is 6.15. The summed E-state index contributed by atoms with van der Waals surface area (Å²) < 4.78 is 5.49. The van der Waals surface area contributed by atoms with Crippen molar-refractivity contribution in [2.75, 3.05) is 11.9 Å². The molecule has 4 rings (SSSR count). The van der Waals surface area contributed by atoms with Gasteiger partial charge in [0.2, 0.25) is 0 Å². The summed E-state index contributed by atoms with van der Waals surface area (Å²) in [6.45, 7) is 2.62. The fourth-order valence-electron chi connectivity index (χ4n) is 2.75. The van der Waals surface area contributed by atoms with Gasteiger partial charge in [0.15, 0.2) is 0 Å². The van der Waals surface area contributed by atoms with Gasteiger partial charge in [-0.25, -0.2) is 9.97 Å². The second-order valence-electron chi connectivity index (χ2n) is 5.64. The van der Waals surface area contributed by atoms with E-state index in [0.29, 0.717) is 6.61 Å². The van der Waals surface area contributed by atoms with E-state index < -0.39 is 0 Å². The molecule has 130 valence electrons. The number of rotatable bonds is 5. The van der Waals surface area contributed by atoms with Crippen LogP contribution in [0.1, 0.15) is 6.92 Å². The molecule has 4 nitrogen and oxygen atoms in total. The molecule has 4 aromatic rings. The van der Waals surface area contributed by atoms with Crippen molar-refractivity contribution in [3.63, 3.8) is 0 Å². The van der Waals surface area contributed by atoms with Gasteiger partial charge in [0, 0.05) is 21.7 Å². The number of thiophene rings is 1. The first-order chi connectivity index (χ1) is 12.7. The van der Waals surface area contributed by atoms with Gasteiger partial charge in [0.1, 0.15) is 22.7 Å². The van der Waals surface area contributed by atoms with Gasteiger partial charge in [-0.3, -0.25) is 0 Å². The first kappa shape index (κ1) is 16.8. The number of nitrogens with one attached hydrogen (secondary N) is 1. The molecule has 0 aliphatic rings. The van der Waals surface area contributed by atoms with E-state index in [9.17, 15) is 0 Å². The van der Waals surface area contributed by atoms with Gasteiger partial charge in [0.05, 0.1) is 12.0 Å². The van der Waals surface area contributed by atoms with E-state index in [4.69, 9.17) is 16.3 Å². The maximum atomic E-state index is 6.02. The predicted molar refractivity (Wildman–Crippen MR) is 109 cm³/mol. The molecule has 6 heteroatoms. The molecule has 0 fully saturated rings. The number of hydrogen-bond donors (Lipinski definition) is 1. The van der Waals surface area contributed by atoms with Crippen molar-refractivity contribution in [2.45, 2.75) is 6.92 Å². The molecule has 0 saturated heterocycles. The number of fused-ring (bicyclic) bond motifs is 1. The molecule has 1 N–H and O–H groups in total. The fraction of sp³-hybridized carbons (Fsp3) is 0.100. The maximum Gasteiger partial charge on any atom is 0.143 e. The van der Waals surface area contributed by atoms with Gasteiger partial charge in [-0.05, 0) is 48.9 Å². The van der Waals surface area contributed by atoms with Crippen LogP contribution in [0.4, 0.5) is 11.5 Å². The van der Waals surface area contributed by atoms with E-state index in [0.717, 1.165) is 43.6 Å². The van der Waals surface area contributed by atoms with Crippen molar-refractivity contribution in [1.82, 2.24) is 9.97 Å². The third-order valence-corrected chi connectivity index (χ3v) is 5.09. The minimum atomic E-state index is 0.651. The van der Waals surface area contributed by atoms with Crippen LogP contribution in [0.2, 0.25) is 5.02 Å². The van der Waals surface area contributed by atoms with E-state index in [1.165, 1.54) is 0 Å². The van der Waals surface area contributed by atoms with E-state index >= 15 is 0 Å². The van der Waals surface area contributed by atoms with Crippen molar-refractivity contribution in [2.24, 2.45) is 0 Å². The largest absolute Gasteiger partial charge is 0.494 e. The molecule has 2 aromatic heterocycles. The van der Waals surface area contributed by atoms with E-state index in [1.807, 2.05) is 55.5 Å². The third kappa shape index (κ3) is 3.36. The van der Waals surface area contributed by atoms with Crippen LogP contribution in [0.3, 0.4) is 0 Å². The second kappa shape index (κ2) is 7.32. The second-order valence-corrected chi connectivity index (χ2v) is 6.94. The SMILES string of the molecule is CCOc1ccc(Nc2ncnc3scc(-c4ccc(Cl)cc4)c23)cc1. The molecule has 0 spiro atoms. The minimum Gasteiger partial charge on any atom is -0.494 e. The van der Waals surface area contributed by atoms with Crippen LogP contribution < -0.4 is 10.1 Å². The number of aromatic nitrogens is 2. The molecule has 0 amide bonds. The Morgan fingerprint density at radius 2 is 1.81 bits per heavy atom. The zero-order valence-electron chi connectivity index (χ0n) is 14.1. The molecule has 0 saturated carbocycles. The van der Waals surface area contributed by atoms with E-state index in [-0.39, 0.29) is 0 Å². The van der Waals surface area contributed by atoms with Crippen molar-refractivity contribution in [3.8, 4) is 16.9 Å². The highest BCUT2D eigenvalue weighted by atomic mass is 35.5. The Labute approximate surface area is 160 Å². The lowest BCUT2D eigenvalue weighted by Crippen LogP contribution is -1.96. The Balaban J connectivity index is 1.73. The summed E-state index contributed by atoms with van der Waals surface area (Å²) in [6.07, 6.45) is 1.58. The normalized spacial score (nSPS) is 10.8. The number of anilines is 2. The van der Waals surface area contributed by atoms with Gasteiger partial charge in [-0.15, -0.1) is 11.3 Å². The number of halogens is 1. The molecule has 0 aliphatic carbocycles. The summed E-state index contributed by atoms with van der Waals surface area (Å²) in [5, 5.41) is 7.23. The summed E-state index contributed by atoms with van der Waals surface area (Å²) in [4.78, 5) is 9.81. The lowest BCUT2D eigenvalue weighted by atomic mass is 10.1. The minimum absolute atomic E-state index is 0.651. The van der Waals surface area contributed by atoms with Crippen LogP contribution in [0, 0.1) is 0 Å². The number of benzene rings is 2. The third-order valence-electron chi connectivity index (χ3n) is 3.95. The maximum absolute atomic E-state index is 6.02. The highest BCUT2D eigenvalue weighted by molar-refractivity contribution is 7.17. The smallest absolute Gasteiger partial charge is 0.143 e. The lowest BCUT2D eigenvalue weighted by Gasteiger charge is -2.09. The van der Waals surface area contributed by atoms with Crippen molar-refractivity contribution in [1.29, 1.82) is 0 Å². The van der Waals surface area contributed by atoms with Gasteiger partial charge in [0.25, 0.3) is 0 Å². The Morgan fingerprint density at radius 1 is 1.04 bits per heavy atom. The van der Waals surface area contributed by atoms with Gasteiger partial charge < -0.3 is 10.1 Å². The molecule has 2 heterocycles. The first-order valence-electron chi connectivity index (χ1n) is 8.22. The topological polar surface area (TPSA) is 47.0 Å². The molecular weight excluding hydrogens is 366 g/mol. The summed E-state index contributed by atoms with van der Waals surface area (Å²) in [7, 11) is 0. The summed E-state index contributed by atoms with van der Waals surface area (Å²) >= 11 is 7.62. The Hall–Kier alpha value is -2.63. The zero-order valence-corrected chi connectivity index (χ0v) is 15.6. The van der Waals surface area contributed by atoms with Crippen LogP contribution in [-0.4, -0.2) is 16.6 Å². The quantitative estimate of drug-likeness (QED) is 0.450. The number of ether oxygens (including phenoxy) is 1. The van der Waals surface area contributed by atoms with Crippen molar-refractivity contribution < 1.29 is 4.74 Å². The lowest BCUT2D eigenvalue weighted by molar-refractivity contribution is 0.340. The Kier molecular flexibility index (Phi) is 4.73. The zero-order chi connectivity index (χ0) is 17.9. The Bertz CT molecular complexity index is 1030. The highest BCUT2D eigenvalue weighted by Gasteiger charge is 2.13. The van der Waals surface area contributed by atoms with Gasteiger partial charge in [-0.2, -0.15) is 0 Å². The van der Waals surface area contributed by atoms with Crippen LogP contribution in [-0.2, 0) is 0 Å². The molecule has 26 heavy (non-hydrogen) atoms. The van der Waals surface area contributed by atoms with Crippen molar-refractivity contribution in [3.05, 3.63) is 65.3 Å². The molecule has 0 aliphatic heterocycles. The van der Waals surface area contributed by atoms with Crippen LogP contribution >= 0.6 is 22.9 Å². The van der Waals surface area contributed by atoms with Crippen LogP contribution in [0.5, 0.6) is 5.75 Å². The summed E-state index contributed by atoms with van der Waals surface area (Å²) in [6, 6.07) is 15.7. The summed E-state index contributed by atoms with van der Waals surface area (Å²) in [5.41, 5.74) is 3.13. The van der Waals surface area contributed by atoms with Crippen LogP contribution in [0.15, 0.2) is 60.2 Å². The average molecular weight is 382 g/mol. The standard InChI is InChI=1S/C20H16ClN3OS/c1-2-25-16-9-7-15(8-10-16)24-19-18-17(11-26-20(18)23-12-22-19)13-3-5-14(21)6-4-13/h3-12H,2H2,1H3,(H,22,23,24). The molecule has 0 unspecified atom stereocenters. The number of nitrogens with zero attached hydrogens (tertiary/aromatic N) is 2. The monoisotopic (exact) mass is 381 g/mol. The van der Waals surface area contributed by atoms with Gasteiger partial charge in [-0.1, -0.05) is 23.7 Å². The molecule has 2 aromatic carbocycles. The van der Waals surface area contributed by atoms with Crippen molar-refractivity contribution >= 4 is 44.7 Å². The van der Waals surface area contributed by atoms with Crippen LogP contribution in [0.25, 0.3) is 21.3 Å². The molecule has 0 atom stereocenters. The highest BCUT2D eigenvalue weighted by Crippen LogP contribution is 2.37. The average Bonchev–Trinajstić information content (AvgIpc) is 3.09. The van der Waals surface area contributed by atoms with Gasteiger partial charge >= 0.3 is 0 Å². The van der Waals surface area contributed by atoms with E-state index in [2.05, 4.69) is 20.7 Å². The fourth-order valence-corrected chi connectivity index (χ4v) is 3.79. The van der Waals surface area contributed by atoms with E-state index in [1.54, 1.807) is 17.7 Å². The Morgan fingerprint density at radius 3 is 2.54 bits per heavy atom. The first-order valence-corrected chi connectivity index (χ1v) is 9.48. The molecular formula is C20H16ClN3OS. The summed E-state index contributed by atoms with van der Waals surface area (Å²) in [5.74, 6) is 1.63. The number of hydrogen-bond acceptors (Lipinski definition) is 5.